The van der Waals surface area contributed by atoms with E-state index < -0.39 is 5.97 Å². The van der Waals surface area contributed by atoms with Gasteiger partial charge < -0.3 is 14.6 Å². The van der Waals surface area contributed by atoms with E-state index in [2.05, 4.69) is 0 Å². The van der Waals surface area contributed by atoms with Crippen LogP contribution < -0.4 is 4.74 Å². The van der Waals surface area contributed by atoms with Crippen LogP contribution in [-0.4, -0.2) is 30.4 Å². The molecule has 1 N–H and O–H groups in total. The molecule has 122 valence electrons. The van der Waals surface area contributed by atoms with Crippen LogP contribution in [0.1, 0.15) is 17.7 Å². The molecule has 1 aliphatic heterocycles. The number of hydrogen-bond donors (Lipinski definition) is 1. The first-order valence-electron chi connectivity index (χ1n) is 7.45. The van der Waals surface area contributed by atoms with E-state index in [0.29, 0.717) is 17.9 Å². The van der Waals surface area contributed by atoms with E-state index in [1.807, 2.05) is 5.38 Å². The molecule has 1 aliphatic rings. The summed E-state index contributed by atoms with van der Waals surface area (Å²) in [7, 11) is 0. The highest BCUT2D eigenvalue weighted by atomic mass is 32.1. The molecule has 2 heterocycles. The van der Waals surface area contributed by atoms with Crippen molar-refractivity contribution >= 4 is 17.3 Å². The second kappa shape index (κ2) is 7.10. The molecule has 3 rings (SSSR count). The Hall–Kier alpha value is -1.92. The smallest absolute Gasteiger partial charge is 0.308 e. The van der Waals surface area contributed by atoms with Gasteiger partial charge in [0.1, 0.15) is 18.2 Å². The first-order valence-corrected chi connectivity index (χ1v) is 8.33. The van der Waals surface area contributed by atoms with Gasteiger partial charge in [-0.2, -0.15) is 0 Å². The Morgan fingerprint density at radius 1 is 1.43 bits per heavy atom. The summed E-state index contributed by atoms with van der Waals surface area (Å²) in [6, 6.07) is 6.15. The summed E-state index contributed by atoms with van der Waals surface area (Å²) < 4.78 is 25.0. The summed E-state index contributed by atoms with van der Waals surface area (Å²) in [5.41, 5.74) is 1.41. The Morgan fingerprint density at radius 2 is 2.30 bits per heavy atom. The van der Waals surface area contributed by atoms with Crippen molar-refractivity contribution in [2.24, 2.45) is 0 Å². The monoisotopic (exact) mass is 336 g/mol. The molecule has 23 heavy (non-hydrogen) atoms. The molecule has 1 aromatic heterocycles. The van der Waals surface area contributed by atoms with Crippen LogP contribution >= 0.6 is 11.3 Å². The van der Waals surface area contributed by atoms with Crippen LogP contribution in [0.2, 0.25) is 0 Å². The predicted octanol–water partition coefficient (Wildman–Crippen LogP) is 3.74. The van der Waals surface area contributed by atoms with Gasteiger partial charge in [-0.3, -0.25) is 4.79 Å². The van der Waals surface area contributed by atoms with Crippen LogP contribution in [0.25, 0.3) is 11.1 Å². The van der Waals surface area contributed by atoms with Crippen molar-refractivity contribution < 1.29 is 23.8 Å². The van der Waals surface area contributed by atoms with Gasteiger partial charge in [0, 0.05) is 17.0 Å². The van der Waals surface area contributed by atoms with Crippen molar-refractivity contribution in [1.82, 2.24) is 0 Å². The lowest BCUT2D eigenvalue weighted by Crippen LogP contribution is -2.16. The fourth-order valence-corrected chi connectivity index (χ4v) is 3.45. The van der Waals surface area contributed by atoms with E-state index in [-0.39, 0.29) is 18.3 Å². The van der Waals surface area contributed by atoms with Crippen LogP contribution in [0.5, 0.6) is 5.75 Å². The predicted molar refractivity (Wildman–Crippen MR) is 85.5 cm³/mol. The Morgan fingerprint density at radius 3 is 3.04 bits per heavy atom. The molecule has 1 unspecified atom stereocenters. The minimum atomic E-state index is -0.882. The van der Waals surface area contributed by atoms with Gasteiger partial charge in [-0.15, -0.1) is 11.3 Å². The SMILES string of the molecule is O=C(O)Cc1cc(-c2cc(F)ccc2OCC2CCCO2)cs1. The minimum absolute atomic E-state index is 0.0356. The van der Waals surface area contributed by atoms with Crippen LogP contribution in [0.4, 0.5) is 4.39 Å². The minimum Gasteiger partial charge on any atom is -0.490 e. The number of carbonyl (C=O) groups is 1. The molecule has 1 atom stereocenters. The lowest BCUT2D eigenvalue weighted by atomic mass is 10.1. The van der Waals surface area contributed by atoms with E-state index in [1.165, 1.54) is 23.5 Å². The highest BCUT2D eigenvalue weighted by Crippen LogP contribution is 2.34. The van der Waals surface area contributed by atoms with Crippen LogP contribution in [-0.2, 0) is 16.0 Å². The molecule has 0 radical (unpaired) electrons. The van der Waals surface area contributed by atoms with Crippen LogP contribution in [0, 0.1) is 5.82 Å². The van der Waals surface area contributed by atoms with Gasteiger partial charge in [-0.1, -0.05) is 0 Å². The number of hydrogen-bond acceptors (Lipinski definition) is 4. The Bertz CT molecular complexity index is 692. The Balaban J connectivity index is 1.80. The Kier molecular flexibility index (Phi) is 4.93. The maximum absolute atomic E-state index is 13.6. The maximum Gasteiger partial charge on any atom is 0.308 e. The zero-order valence-corrected chi connectivity index (χ0v) is 13.3. The second-order valence-electron chi connectivity index (χ2n) is 5.46. The van der Waals surface area contributed by atoms with E-state index in [0.717, 1.165) is 29.9 Å². The van der Waals surface area contributed by atoms with Gasteiger partial charge >= 0.3 is 5.97 Å². The fourth-order valence-electron chi connectivity index (χ4n) is 2.58. The summed E-state index contributed by atoms with van der Waals surface area (Å²) >= 11 is 1.35. The zero-order valence-electron chi connectivity index (χ0n) is 12.5. The fraction of sp³-hybridized carbons (Fsp3) is 0.353. The average molecular weight is 336 g/mol. The molecular weight excluding hydrogens is 319 g/mol. The number of thiophene rings is 1. The molecule has 1 aromatic carbocycles. The van der Waals surface area contributed by atoms with Gasteiger partial charge in [0.25, 0.3) is 0 Å². The second-order valence-corrected chi connectivity index (χ2v) is 6.45. The number of halogens is 1. The normalized spacial score (nSPS) is 17.3. The summed E-state index contributed by atoms with van der Waals surface area (Å²) in [6.45, 7) is 1.19. The lowest BCUT2D eigenvalue weighted by molar-refractivity contribution is -0.136. The molecule has 0 bridgehead atoms. The molecule has 2 aromatic rings. The molecule has 0 spiro atoms. The van der Waals surface area contributed by atoms with Gasteiger partial charge in [0.2, 0.25) is 0 Å². The third-order valence-corrected chi connectivity index (χ3v) is 4.62. The van der Waals surface area contributed by atoms with Crippen molar-refractivity contribution in [2.75, 3.05) is 13.2 Å². The number of rotatable bonds is 6. The molecule has 4 nitrogen and oxygen atoms in total. The first kappa shape index (κ1) is 16.0. The van der Waals surface area contributed by atoms with E-state index in [9.17, 15) is 9.18 Å². The molecule has 1 fully saturated rings. The van der Waals surface area contributed by atoms with Gasteiger partial charge in [-0.25, -0.2) is 4.39 Å². The van der Waals surface area contributed by atoms with Gasteiger partial charge in [0.05, 0.1) is 12.5 Å². The van der Waals surface area contributed by atoms with Crippen molar-refractivity contribution in [3.05, 3.63) is 40.3 Å². The van der Waals surface area contributed by atoms with Gasteiger partial charge in [-0.05, 0) is 48.1 Å². The Labute approximate surface area is 137 Å². The van der Waals surface area contributed by atoms with Gasteiger partial charge in [0.15, 0.2) is 0 Å². The molecule has 6 heteroatoms. The van der Waals surface area contributed by atoms with Crippen molar-refractivity contribution in [1.29, 1.82) is 0 Å². The third-order valence-electron chi connectivity index (χ3n) is 3.68. The van der Waals surface area contributed by atoms with Crippen molar-refractivity contribution in [3.63, 3.8) is 0 Å². The van der Waals surface area contributed by atoms with Crippen LogP contribution in [0.3, 0.4) is 0 Å². The van der Waals surface area contributed by atoms with Crippen molar-refractivity contribution in [3.8, 4) is 16.9 Å². The summed E-state index contributed by atoms with van der Waals surface area (Å²) in [6.07, 6.45) is 2.05. The van der Waals surface area contributed by atoms with E-state index in [1.54, 1.807) is 12.1 Å². The van der Waals surface area contributed by atoms with Crippen LogP contribution in [0.15, 0.2) is 29.6 Å². The zero-order chi connectivity index (χ0) is 16.2. The first-order chi connectivity index (χ1) is 11.1. The van der Waals surface area contributed by atoms with Crippen molar-refractivity contribution in [2.45, 2.75) is 25.4 Å². The topological polar surface area (TPSA) is 55.8 Å². The molecule has 0 aliphatic carbocycles. The lowest BCUT2D eigenvalue weighted by Gasteiger charge is -2.14. The highest BCUT2D eigenvalue weighted by molar-refractivity contribution is 7.10. The largest absolute Gasteiger partial charge is 0.490 e. The molecular formula is C17H17FO4S. The summed E-state index contributed by atoms with van der Waals surface area (Å²) in [5, 5.41) is 10.7. The summed E-state index contributed by atoms with van der Waals surface area (Å²) in [4.78, 5) is 11.5. The third kappa shape index (κ3) is 4.09. The quantitative estimate of drug-likeness (QED) is 0.873. The average Bonchev–Trinajstić information content (AvgIpc) is 3.17. The number of ether oxygens (including phenoxy) is 2. The molecule has 0 saturated carbocycles. The highest BCUT2D eigenvalue weighted by Gasteiger charge is 2.18. The standard InChI is InChI=1S/C17H17FO4S/c18-12-3-4-16(22-9-13-2-1-5-21-13)15(7-12)11-6-14(23-10-11)8-17(19)20/h3-4,6-7,10,13H,1-2,5,8-9H2,(H,19,20). The number of carboxylic acids is 1. The van der Waals surface area contributed by atoms with E-state index in [4.69, 9.17) is 14.6 Å². The van der Waals surface area contributed by atoms with E-state index >= 15 is 0 Å². The molecule has 1 saturated heterocycles. The number of aliphatic carboxylic acids is 1. The number of carboxylic acid groups (broad SMARTS) is 1. The molecule has 0 amide bonds. The maximum atomic E-state index is 13.6. The summed E-state index contributed by atoms with van der Waals surface area (Å²) in [5.74, 6) is -0.649. The number of benzene rings is 1.